The van der Waals surface area contributed by atoms with Crippen LogP contribution in [0.1, 0.15) is 49.1 Å². The summed E-state index contributed by atoms with van der Waals surface area (Å²) < 4.78 is 57.0. The molecule has 4 aromatic carbocycles. The molecule has 0 aromatic heterocycles. The molecular weight excluding hydrogens is 644 g/mol. The lowest BCUT2D eigenvalue weighted by Gasteiger charge is -2.41. The first-order valence-electron chi connectivity index (χ1n) is 16.3. The Balaban J connectivity index is 1.71. The van der Waals surface area contributed by atoms with Crippen LogP contribution in [0.3, 0.4) is 0 Å². The average molecular weight is 693 g/mol. The van der Waals surface area contributed by atoms with Gasteiger partial charge >= 0.3 is 0 Å². The van der Waals surface area contributed by atoms with Gasteiger partial charge in [0.25, 0.3) is 0 Å². The van der Waals surface area contributed by atoms with E-state index in [0.717, 1.165) is 11.1 Å². The Morgan fingerprint density at radius 1 is 0.694 bits per heavy atom. The van der Waals surface area contributed by atoms with Crippen LogP contribution in [-0.2, 0) is 33.5 Å². The van der Waals surface area contributed by atoms with Gasteiger partial charge in [0.15, 0.2) is 33.4 Å². The van der Waals surface area contributed by atoms with Crippen molar-refractivity contribution in [3.63, 3.8) is 0 Å². The van der Waals surface area contributed by atoms with E-state index in [2.05, 4.69) is 33.9 Å². The third-order valence-corrected chi connectivity index (χ3v) is 13.0. The van der Waals surface area contributed by atoms with Crippen molar-refractivity contribution in [1.82, 2.24) is 0 Å². The van der Waals surface area contributed by atoms with Gasteiger partial charge in [0.1, 0.15) is 30.5 Å². The normalized spacial score (nSPS) is 13.1. The second kappa shape index (κ2) is 17.6. The highest BCUT2D eigenvalue weighted by molar-refractivity contribution is 6.74. The molecule has 0 saturated carbocycles. The highest BCUT2D eigenvalue weighted by Gasteiger charge is 2.41. The molecule has 8 nitrogen and oxygen atoms in total. The zero-order valence-corrected chi connectivity index (χ0v) is 30.5. The van der Waals surface area contributed by atoms with Gasteiger partial charge < -0.3 is 38.0 Å². The van der Waals surface area contributed by atoms with E-state index in [0.29, 0.717) is 22.8 Å². The molecule has 0 spiro atoms. The SMILES string of the molecule is COCOc1ccc([C@@H](O[Si](C)(C)C(C)(C)C)[C@H](O)Cc2c(F)cc(OCc3ccccc3)cc2OCc2ccccc2)cc1OCOC. The number of rotatable bonds is 18. The van der Waals surface area contributed by atoms with E-state index in [1.165, 1.54) is 20.3 Å². The van der Waals surface area contributed by atoms with E-state index in [9.17, 15) is 5.11 Å². The van der Waals surface area contributed by atoms with Gasteiger partial charge in [0.2, 0.25) is 0 Å². The first kappa shape index (κ1) is 37.9. The fraction of sp³-hybridized carbons (Fsp3) is 0.385. The highest BCUT2D eigenvalue weighted by Crippen LogP contribution is 2.43. The fourth-order valence-corrected chi connectivity index (χ4v) is 6.11. The van der Waals surface area contributed by atoms with Gasteiger partial charge in [-0.25, -0.2) is 4.39 Å². The Labute approximate surface area is 290 Å². The molecule has 0 aliphatic rings. The summed E-state index contributed by atoms with van der Waals surface area (Å²) in [6.45, 7) is 11.1. The van der Waals surface area contributed by atoms with Crippen LogP contribution in [0.15, 0.2) is 91.0 Å². The Morgan fingerprint density at radius 2 is 1.27 bits per heavy atom. The summed E-state index contributed by atoms with van der Waals surface area (Å²) in [5.74, 6) is 0.890. The summed E-state index contributed by atoms with van der Waals surface area (Å²) in [5.41, 5.74) is 2.73. The van der Waals surface area contributed by atoms with Gasteiger partial charge in [-0.1, -0.05) is 87.5 Å². The molecule has 49 heavy (non-hydrogen) atoms. The van der Waals surface area contributed by atoms with Crippen molar-refractivity contribution in [3.05, 3.63) is 119 Å². The van der Waals surface area contributed by atoms with Gasteiger partial charge in [0, 0.05) is 38.3 Å². The Kier molecular flexibility index (Phi) is 13.6. The summed E-state index contributed by atoms with van der Waals surface area (Å²) in [7, 11) is 0.586. The predicted octanol–water partition coefficient (Wildman–Crippen LogP) is 8.62. The molecule has 0 heterocycles. The van der Waals surface area contributed by atoms with Crippen LogP contribution in [0.25, 0.3) is 0 Å². The largest absolute Gasteiger partial charge is 0.489 e. The van der Waals surface area contributed by atoms with E-state index in [4.69, 9.17) is 32.8 Å². The Morgan fingerprint density at radius 3 is 1.84 bits per heavy atom. The van der Waals surface area contributed by atoms with Crippen LogP contribution in [0.2, 0.25) is 18.1 Å². The highest BCUT2D eigenvalue weighted by atomic mass is 28.4. The van der Waals surface area contributed by atoms with E-state index < -0.39 is 26.3 Å². The van der Waals surface area contributed by atoms with Crippen LogP contribution >= 0.6 is 0 Å². The molecule has 0 radical (unpaired) electrons. The molecule has 2 atom stereocenters. The van der Waals surface area contributed by atoms with Crippen molar-refractivity contribution >= 4 is 8.32 Å². The standard InChI is InChI=1S/C39H49FO8Si/c1-39(2,3)49(6,7)48-38(30-18-19-35(46-26-42-4)37(20-30)47-27-43-5)34(41)23-32-33(40)21-31(44-24-28-14-10-8-11-15-28)22-36(32)45-25-29-16-12-9-13-17-29/h8-22,34,38,41H,23-27H2,1-7H3/t34-,38-/m1/s1. The maximum atomic E-state index is 16.1. The number of methoxy groups -OCH3 is 2. The summed E-state index contributed by atoms with van der Waals surface area (Å²) >= 11 is 0. The van der Waals surface area contributed by atoms with Crippen molar-refractivity contribution in [2.24, 2.45) is 0 Å². The number of aliphatic hydroxyl groups is 1. The first-order chi connectivity index (χ1) is 23.4. The van der Waals surface area contributed by atoms with Gasteiger partial charge in [-0.15, -0.1) is 0 Å². The van der Waals surface area contributed by atoms with Crippen LogP contribution < -0.4 is 18.9 Å². The van der Waals surface area contributed by atoms with Crippen molar-refractivity contribution in [2.45, 2.75) is 70.7 Å². The second-order valence-electron chi connectivity index (χ2n) is 13.3. The number of benzene rings is 4. The predicted molar refractivity (Wildman–Crippen MR) is 190 cm³/mol. The minimum atomic E-state index is -2.47. The molecule has 264 valence electrons. The fourth-order valence-electron chi connectivity index (χ4n) is 4.83. The smallest absolute Gasteiger partial charge is 0.193 e. The first-order valence-corrected chi connectivity index (χ1v) is 19.2. The molecule has 0 amide bonds. The lowest BCUT2D eigenvalue weighted by atomic mass is 9.97. The molecule has 0 aliphatic carbocycles. The van der Waals surface area contributed by atoms with Crippen LogP contribution in [-0.4, -0.2) is 47.3 Å². The molecule has 0 saturated heterocycles. The van der Waals surface area contributed by atoms with Crippen LogP contribution in [0.4, 0.5) is 4.39 Å². The van der Waals surface area contributed by atoms with E-state index in [1.807, 2.05) is 66.7 Å². The number of ether oxygens (including phenoxy) is 6. The average Bonchev–Trinajstić information content (AvgIpc) is 3.08. The molecule has 10 heteroatoms. The number of halogens is 1. The molecule has 4 rings (SSSR count). The summed E-state index contributed by atoms with van der Waals surface area (Å²) in [4.78, 5) is 0. The van der Waals surface area contributed by atoms with E-state index >= 15 is 4.39 Å². The zero-order valence-electron chi connectivity index (χ0n) is 29.5. The number of hydrogen-bond acceptors (Lipinski definition) is 8. The Bertz CT molecular complexity index is 1590. The van der Waals surface area contributed by atoms with Gasteiger partial charge in [-0.05, 0) is 47.0 Å². The third-order valence-electron chi connectivity index (χ3n) is 8.56. The molecular formula is C39H49FO8Si. The third kappa shape index (κ3) is 10.8. The molecule has 1 N–H and O–H groups in total. The molecule has 4 aromatic rings. The van der Waals surface area contributed by atoms with Crippen LogP contribution in [0, 0.1) is 5.82 Å². The summed E-state index contributed by atoms with van der Waals surface area (Å²) in [5, 5.41) is 11.8. The van der Waals surface area contributed by atoms with E-state index in [-0.39, 0.29) is 49.6 Å². The lowest BCUT2D eigenvalue weighted by Crippen LogP contribution is -2.44. The van der Waals surface area contributed by atoms with Gasteiger partial charge in [-0.3, -0.25) is 0 Å². The second-order valence-corrected chi connectivity index (χ2v) is 18.1. The monoisotopic (exact) mass is 692 g/mol. The Hall–Kier alpha value is -3.93. The van der Waals surface area contributed by atoms with Gasteiger partial charge in [0.05, 0.1) is 12.2 Å². The quantitative estimate of drug-likeness (QED) is 0.0820. The van der Waals surface area contributed by atoms with Crippen molar-refractivity contribution in [2.75, 3.05) is 27.8 Å². The molecule has 0 aliphatic heterocycles. The van der Waals surface area contributed by atoms with Crippen molar-refractivity contribution in [3.8, 4) is 23.0 Å². The number of aliphatic hydroxyl groups excluding tert-OH is 1. The lowest BCUT2D eigenvalue weighted by molar-refractivity contribution is 0.0233. The molecule has 0 bridgehead atoms. The number of hydrogen-bond donors (Lipinski definition) is 1. The molecule has 0 fully saturated rings. The van der Waals surface area contributed by atoms with Crippen molar-refractivity contribution < 1.29 is 42.3 Å². The maximum Gasteiger partial charge on any atom is 0.193 e. The van der Waals surface area contributed by atoms with Gasteiger partial charge in [-0.2, -0.15) is 0 Å². The molecule has 0 unspecified atom stereocenters. The summed E-state index contributed by atoms with van der Waals surface area (Å²) in [6, 6.07) is 27.6. The zero-order chi connectivity index (χ0) is 35.4. The van der Waals surface area contributed by atoms with Crippen LogP contribution in [0.5, 0.6) is 23.0 Å². The topological polar surface area (TPSA) is 84.8 Å². The van der Waals surface area contributed by atoms with E-state index in [1.54, 1.807) is 18.2 Å². The van der Waals surface area contributed by atoms with Crippen molar-refractivity contribution in [1.29, 1.82) is 0 Å². The minimum absolute atomic E-state index is 0.0187. The summed E-state index contributed by atoms with van der Waals surface area (Å²) in [6.07, 6.45) is -2.10. The minimum Gasteiger partial charge on any atom is -0.489 e. The maximum absolute atomic E-state index is 16.1.